The van der Waals surface area contributed by atoms with E-state index in [1.165, 1.54) is 88.9 Å². The van der Waals surface area contributed by atoms with Crippen LogP contribution in [0.3, 0.4) is 0 Å². The number of carbonyl (C=O) groups excluding carboxylic acids is 11. The van der Waals surface area contributed by atoms with Crippen molar-refractivity contribution in [2.24, 2.45) is 35.5 Å². The molecule has 1 fully saturated rings. The summed E-state index contributed by atoms with van der Waals surface area (Å²) in [6.07, 6.45) is 3.20. The zero-order valence-electron chi connectivity index (χ0n) is 56.8. The average Bonchev–Trinajstić information content (AvgIpc) is 1.82. The number of aliphatic hydroxyl groups excluding tert-OH is 1. The van der Waals surface area contributed by atoms with Crippen molar-refractivity contribution >= 4 is 65.0 Å². The number of carbonyl (C=O) groups is 11. The maximum atomic E-state index is 15.2. The van der Waals surface area contributed by atoms with E-state index in [9.17, 15) is 48.3 Å². The number of nitrogens with one attached hydrogen (secondary N) is 4. The minimum atomic E-state index is -1.63. The molecule has 13 atom stereocenters. The first-order valence-corrected chi connectivity index (χ1v) is 30.8. The summed E-state index contributed by atoms with van der Waals surface area (Å²) >= 11 is 0. The van der Waals surface area contributed by atoms with E-state index in [2.05, 4.69) is 27.8 Å². The highest BCUT2D eigenvalue weighted by Crippen LogP contribution is 2.25. The highest BCUT2D eigenvalue weighted by Gasteiger charge is 2.46. The Morgan fingerprint density at radius 1 is 0.529 bits per heavy atom. The van der Waals surface area contributed by atoms with Gasteiger partial charge < -0.3 is 65.4 Å². The standard InChI is InChI=1S/C63H111N11O13/c1-25-28-29-40(14)53(76)52-57(80)66-44(27-3)59(82)68(18)34-48(75)72(22)51(43(17)87-30-26-2)56(79)67-49(38(10)11)62(85)69(19)45(31-35(4)5)55(78)64-41(15)54(77)65-42(16)58(81)70(20)46(32-36(6)7)60(83)71(21)47(33-37(8)9)61(84)73(23)50(39(12)13)63(86)74(52)24/h25-26,28,35-47,49-53,76H,2,27,29-34H2,1,3-24H3,(H,64,78)(H,65,77)(H,66,80)(H,67,79)/b28-25+/t40-,41+,42-,43-,44+,45+,46+,47+,49+,50+,51+,52-,53-/m1/s1. The molecule has 496 valence electrons. The van der Waals surface area contributed by atoms with E-state index >= 15 is 9.59 Å². The van der Waals surface area contributed by atoms with Crippen molar-refractivity contribution in [2.75, 3.05) is 62.5 Å². The molecule has 0 unspecified atom stereocenters. The Bertz CT molecular complexity index is 2400. The molecule has 0 aromatic heterocycles. The summed E-state index contributed by atoms with van der Waals surface area (Å²) in [7, 11) is 9.75. The Kier molecular flexibility index (Phi) is 32.7. The molecular weight excluding hydrogens is 1120 g/mol. The van der Waals surface area contributed by atoms with Gasteiger partial charge in [-0.3, -0.25) is 52.7 Å². The lowest BCUT2D eigenvalue weighted by Gasteiger charge is -2.41. The largest absolute Gasteiger partial charge is 0.390 e. The monoisotopic (exact) mass is 1230 g/mol. The van der Waals surface area contributed by atoms with Crippen LogP contribution in [0.2, 0.25) is 0 Å². The lowest BCUT2D eigenvalue weighted by atomic mass is 9.91. The van der Waals surface area contributed by atoms with Crippen molar-refractivity contribution < 1.29 is 62.6 Å². The zero-order valence-corrected chi connectivity index (χ0v) is 56.8. The summed E-state index contributed by atoms with van der Waals surface area (Å²) in [5.41, 5.74) is 0. The number of nitrogens with zero attached hydrogens (tertiary/aromatic N) is 7. The number of allylic oxidation sites excluding steroid dienone is 2. The maximum Gasteiger partial charge on any atom is 0.246 e. The number of likely N-dealkylation sites (N-methyl/N-ethyl adjacent to an activating group) is 7. The van der Waals surface area contributed by atoms with E-state index in [-0.39, 0.29) is 50.0 Å². The Morgan fingerprint density at radius 3 is 1.46 bits per heavy atom. The van der Waals surface area contributed by atoms with Gasteiger partial charge in [-0.25, -0.2) is 0 Å². The molecule has 0 aliphatic carbocycles. The van der Waals surface area contributed by atoms with E-state index in [1.807, 2.05) is 41.5 Å². The van der Waals surface area contributed by atoms with Crippen LogP contribution in [0.25, 0.3) is 0 Å². The lowest BCUT2D eigenvalue weighted by molar-refractivity contribution is -0.157. The van der Waals surface area contributed by atoms with E-state index in [1.54, 1.807) is 67.5 Å². The van der Waals surface area contributed by atoms with E-state index in [0.717, 1.165) is 14.7 Å². The Labute approximate surface area is 519 Å². The second kappa shape index (κ2) is 36.1. The first-order valence-electron chi connectivity index (χ1n) is 30.8. The zero-order chi connectivity index (χ0) is 67.4. The minimum Gasteiger partial charge on any atom is -0.390 e. The second-order valence-corrected chi connectivity index (χ2v) is 25.7. The van der Waals surface area contributed by atoms with Crippen LogP contribution in [-0.2, 0) is 57.5 Å². The molecule has 1 aliphatic rings. The molecule has 5 N–H and O–H groups in total. The molecule has 87 heavy (non-hydrogen) atoms. The topological polar surface area (TPSA) is 288 Å². The molecule has 1 aliphatic heterocycles. The summed E-state index contributed by atoms with van der Waals surface area (Å²) in [6, 6.07) is -12.8. The predicted molar refractivity (Wildman–Crippen MR) is 335 cm³/mol. The molecule has 1 heterocycles. The molecule has 0 bridgehead atoms. The van der Waals surface area contributed by atoms with Gasteiger partial charge in [0.25, 0.3) is 0 Å². The molecular formula is C63H111N11O13. The first kappa shape index (κ1) is 78.6. The van der Waals surface area contributed by atoms with Crippen LogP contribution >= 0.6 is 0 Å². The second-order valence-electron chi connectivity index (χ2n) is 25.7. The molecule has 24 nitrogen and oxygen atoms in total. The Balaban J connectivity index is 4.37. The van der Waals surface area contributed by atoms with Gasteiger partial charge in [-0.2, -0.15) is 0 Å². The fraction of sp³-hybridized carbons (Fsp3) is 0.762. The van der Waals surface area contributed by atoms with Crippen LogP contribution in [0, 0.1) is 35.5 Å². The van der Waals surface area contributed by atoms with Crippen LogP contribution in [0.4, 0.5) is 0 Å². The first-order chi connectivity index (χ1) is 40.3. The third kappa shape index (κ3) is 22.0. The summed E-state index contributed by atoms with van der Waals surface area (Å²) in [4.78, 5) is 169. The van der Waals surface area contributed by atoms with Gasteiger partial charge in [0.1, 0.15) is 60.4 Å². The molecule has 0 aromatic rings. The number of hydrogen-bond donors (Lipinski definition) is 5. The van der Waals surface area contributed by atoms with E-state index < -0.39 is 162 Å². The van der Waals surface area contributed by atoms with Gasteiger partial charge in [-0.1, -0.05) is 101 Å². The molecule has 24 heteroatoms. The number of aliphatic hydroxyl groups is 1. The van der Waals surface area contributed by atoms with Gasteiger partial charge in [0.05, 0.1) is 25.4 Å². The fourth-order valence-electron chi connectivity index (χ4n) is 10.8. The van der Waals surface area contributed by atoms with E-state index in [0.29, 0.717) is 6.42 Å². The predicted octanol–water partition coefficient (Wildman–Crippen LogP) is 2.81. The highest BCUT2D eigenvalue weighted by molar-refractivity contribution is 5.99. The molecule has 0 aromatic carbocycles. The maximum absolute atomic E-state index is 15.2. The SMILES string of the molecule is C=CCO[C@H](C)[C@H]1C(=O)N[C@@H](C(C)C)C(=O)N(C)[C@@H](CC(C)C)C(=O)N[C@@H](C)C(=O)N[C@H](C)C(=O)N(C)[C@@H](CC(C)C)C(=O)N(C)[C@@H](CC(C)C)C(=O)N(C)[C@@H](C(C)C)C(=O)N(C)[C@H]([C@H](O)[C@H](C)C/C=C/C)C(=O)N[C@@H](CC)C(=O)N(C)CC(=O)N1C. The van der Waals surface area contributed by atoms with Crippen LogP contribution in [0.1, 0.15) is 143 Å². The third-order valence-electron chi connectivity index (χ3n) is 16.2. The normalized spacial score (nSPS) is 26.8. The van der Waals surface area contributed by atoms with Gasteiger partial charge >= 0.3 is 0 Å². The molecule has 1 rings (SSSR count). The summed E-state index contributed by atoms with van der Waals surface area (Å²) < 4.78 is 5.90. The molecule has 0 saturated carbocycles. The van der Waals surface area contributed by atoms with Crippen molar-refractivity contribution in [3.63, 3.8) is 0 Å². The third-order valence-corrected chi connectivity index (χ3v) is 16.2. The Morgan fingerprint density at radius 2 is 0.989 bits per heavy atom. The number of rotatable bonds is 17. The van der Waals surface area contributed by atoms with Gasteiger partial charge in [0.2, 0.25) is 65.0 Å². The van der Waals surface area contributed by atoms with Crippen molar-refractivity contribution in [2.45, 2.75) is 216 Å². The van der Waals surface area contributed by atoms with Crippen molar-refractivity contribution in [3.8, 4) is 0 Å². The highest BCUT2D eigenvalue weighted by atomic mass is 16.5. The smallest absolute Gasteiger partial charge is 0.246 e. The van der Waals surface area contributed by atoms with Gasteiger partial charge in [-0.05, 0) is 95.3 Å². The minimum absolute atomic E-state index is 0.00582. The van der Waals surface area contributed by atoms with Crippen LogP contribution in [0.5, 0.6) is 0 Å². The quantitative estimate of drug-likeness (QED) is 0.131. The van der Waals surface area contributed by atoms with Gasteiger partial charge in [-0.15, -0.1) is 6.58 Å². The number of amides is 11. The van der Waals surface area contributed by atoms with Crippen molar-refractivity contribution in [1.29, 1.82) is 0 Å². The fourth-order valence-corrected chi connectivity index (χ4v) is 10.8. The molecule has 0 radical (unpaired) electrons. The van der Waals surface area contributed by atoms with Gasteiger partial charge in [0.15, 0.2) is 0 Å². The summed E-state index contributed by atoms with van der Waals surface area (Å²) in [6.45, 7) is 30.6. The summed E-state index contributed by atoms with van der Waals surface area (Å²) in [5.74, 6) is -10.1. The van der Waals surface area contributed by atoms with Crippen LogP contribution in [-0.4, -0.2) is 239 Å². The van der Waals surface area contributed by atoms with Crippen molar-refractivity contribution in [1.82, 2.24) is 55.6 Å². The van der Waals surface area contributed by atoms with Crippen LogP contribution < -0.4 is 21.3 Å². The average molecular weight is 1230 g/mol. The number of ether oxygens (including phenoxy) is 1. The number of hydrogen-bond acceptors (Lipinski definition) is 13. The Hall–Kier alpha value is -6.43. The lowest BCUT2D eigenvalue weighted by Crippen LogP contribution is -2.63. The van der Waals surface area contributed by atoms with E-state index in [4.69, 9.17) is 4.74 Å². The molecule has 0 spiro atoms. The van der Waals surface area contributed by atoms with Crippen molar-refractivity contribution in [3.05, 3.63) is 24.8 Å². The molecule has 1 saturated heterocycles. The molecule has 11 amide bonds. The van der Waals surface area contributed by atoms with Crippen LogP contribution in [0.15, 0.2) is 24.8 Å². The summed E-state index contributed by atoms with van der Waals surface area (Å²) in [5, 5.41) is 23.0. The van der Waals surface area contributed by atoms with Gasteiger partial charge in [0, 0.05) is 49.3 Å².